The second kappa shape index (κ2) is 13.4. The Morgan fingerprint density at radius 1 is 0.854 bits per heavy atom. The number of aliphatic hydroxyl groups is 2. The quantitative estimate of drug-likeness (QED) is 0.193. The number of aromatic nitrogens is 1. The van der Waals surface area contributed by atoms with Gasteiger partial charge in [0.25, 0.3) is 5.91 Å². The van der Waals surface area contributed by atoms with Crippen LogP contribution in [0, 0.1) is 5.82 Å². The zero-order valence-electron chi connectivity index (χ0n) is 23.1. The van der Waals surface area contributed by atoms with Crippen LogP contribution in [0.25, 0.3) is 22.4 Å². The maximum atomic E-state index is 14.0. The molecule has 0 aliphatic carbocycles. The van der Waals surface area contributed by atoms with Gasteiger partial charge < -0.3 is 20.1 Å². The second-order valence-electron chi connectivity index (χ2n) is 10.4. The number of para-hydroxylation sites is 1. The van der Waals surface area contributed by atoms with E-state index in [0.29, 0.717) is 28.1 Å². The lowest BCUT2D eigenvalue weighted by molar-refractivity contribution is -0.145. The van der Waals surface area contributed by atoms with E-state index in [1.807, 2.05) is 66.9 Å². The van der Waals surface area contributed by atoms with E-state index in [-0.39, 0.29) is 31.2 Å². The summed E-state index contributed by atoms with van der Waals surface area (Å²) in [5.74, 6) is -2.20. The minimum absolute atomic E-state index is 0.121. The van der Waals surface area contributed by atoms with Gasteiger partial charge >= 0.3 is 5.97 Å². The van der Waals surface area contributed by atoms with Crippen molar-refractivity contribution in [3.63, 3.8) is 0 Å². The van der Waals surface area contributed by atoms with Crippen molar-refractivity contribution in [3.8, 4) is 22.4 Å². The summed E-state index contributed by atoms with van der Waals surface area (Å²) in [6.45, 7) is 4.22. The molecule has 41 heavy (non-hydrogen) atoms. The number of nitrogens with zero attached hydrogens (tertiary/aromatic N) is 1. The Balaban J connectivity index is 1.89. The summed E-state index contributed by atoms with van der Waals surface area (Å²) in [6.07, 6.45) is -2.77. The summed E-state index contributed by atoms with van der Waals surface area (Å²) in [5, 5.41) is 34.6. The van der Waals surface area contributed by atoms with Crippen LogP contribution in [0.2, 0.25) is 0 Å². The normalized spacial score (nSPS) is 12.7. The largest absolute Gasteiger partial charge is 0.393 e. The lowest BCUT2D eigenvalue weighted by Gasteiger charge is -2.20. The number of amides is 1. The van der Waals surface area contributed by atoms with Gasteiger partial charge in [-0.1, -0.05) is 62.4 Å². The molecule has 0 fully saturated rings. The maximum absolute atomic E-state index is 14.0. The molecule has 213 valence electrons. The molecular formula is C33H34FN2O5. The average molecular weight is 558 g/mol. The summed E-state index contributed by atoms with van der Waals surface area (Å²) in [5.41, 5.74) is 4.72. The molecule has 1 amide bonds. The van der Waals surface area contributed by atoms with Crippen molar-refractivity contribution in [1.29, 1.82) is 0 Å². The third-order valence-electron chi connectivity index (χ3n) is 6.92. The Labute approximate surface area is 238 Å². The number of halogens is 1. The Bertz CT molecular complexity index is 1470. The summed E-state index contributed by atoms with van der Waals surface area (Å²) in [6, 6.07) is 24.7. The molecule has 0 saturated carbocycles. The van der Waals surface area contributed by atoms with Gasteiger partial charge in [0.1, 0.15) is 5.82 Å². The highest BCUT2D eigenvalue weighted by Crippen LogP contribution is 2.42. The molecular weight excluding hydrogens is 523 g/mol. The molecule has 0 aliphatic rings. The number of aliphatic hydroxyl groups excluding tert-OH is 2. The highest BCUT2D eigenvalue weighted by Gasteiger charge is 2.31. The predicted molar refractivity (Wildman–Crippen MR) is 155 cm³/mol. The zero-order valence-corrected chi connectivity index (χ0v) is 23.1. The monoisotopic (exact) mass is 557 g/mol. The molecule has 1 heterocycles. The molecule has 8 heteroatoms. The first-order chi connectivity index (χ1) is 19.7. The fourth-order valence-corrected chi connectivity index (χ4v) is 5.19. The molecule has 0 spiro atoms. The minimum Gasteiger partial charge on any atom is -0.393 e. The van der Waals surface area contributed by atoms with Crippen molar-refractivity contribution < 1.29 is 29.3 Å². The lowest BCUT2D eigenvalue weighted by atomic mass is 9.94. The summed E-state index contributed by atoms with van der Waals surface area (Å²) >= 11 is 0. The fraction of sp³-hybridized carbons (Fsp3) is 0.273. The summed E-state index contributed by atoms with van der Waals surface area (Å²) in [7, 11) is 0. The smallest absolute Gasteiger partial charge is 0.358 e. The van der Waals surface area contributed by atoms with Crippen LogP contribution in [0.4, 0.5) is 10.1 Å². The summed E-state index contributed by atoms with van der Waals surface area (Å²) in [4.78, 5) is 24.9. The molecule has 4 aromatic rings. The summed E-state index contributed by atoms with van der Waals surface area (Å²) < 4.78 is 16.0. The van der Waals surface area contributed by atoms with Crippen LogP contribution in [-0.2, 0) is 16.4 Å². The van der Waals surface area contributed by atoms with Crippen molar-refractivity contribution >= 4 is 17.6 Å². The number of nitrogens with one attached hydrogen (secondary N) is 1. The molecule has 0 saturated heterocycles. The molecule has 0 bridgehead atoms. The van der Waals surface area contributed by atoms with Gasteiger partial charge in [-0.2, -0.15) is 0 Å². The highest BCUT2D eigenvalue weighted by atomic mass is 19.1. The molecule has 4 rings (SSSR count). The lowest BCUT2D eigenvalue weighted by Crippen LogP contribution is -2.22. The number of carbonyl (C=O) groups is 2. The van der Waals surface area contributed by atoms with E-state index in [1.54, 1.807) is 24.3 Å². The molecule has 1 radical (unpaired) electrons. The van der Waals surface area contributed by atoms with E-state index in [1.165, 1.54) is 12.1 Å². The molecule has 0 aliphatic heterocycles. The highest BCUT2D eigenvalue weighted by molar-refractivity contribution is 6.12. The predicted octanol–water partition coefficient (Wildman–Crippen LogP) is 6.19. The number of benzene rings is 3. The number of carbonyl (C=O) groups excluding carboxylic acids is 2. The van der Waals surface area contributed by atoms with Gasteiger partial charge in [-0.3, -0.25) is 4.79 Å². The first-order valence-corrected chi connectivity index (χ1v) is 13.7. The van der Waals surface area contributed by atoms with E-state index >= 15 is 0 Å². The third kappa shape index (κ3) is 7.28. The SMILES string of the molecule is CC(C)c1c(C(=O)Nc2ccccc2)c(-c2ccccc2)c(-c2ccc(F)cc2)n1CCC(O)CC(O)CC([O])=O. The van der Waals surface area contributed by atoms with Gasteiger partial charge in [-0.25, -0.2) is 14.3 Å². The van der Waals surface area contributed by atoms with Gasteiger partial charge in [-0.15, -0.1) is 0 Å². The van der Waals surface area contributed by atoms with Crippen LogP contribution < -0.4 is 5.32 Å². The van der Waals surface area contributed by atoms with Crippen molar-refractivity contribution in [2.24, 2.45) is 0 Å². The Morgan fingerprint density at radius 2 is 1.46 bits per heavy atom. The number of rotatable bonds is 12. The van der Waals surface area contributed by atoms with Gasteiger partial charge in [0.05, 0.1) is 29.9 Å². The van der Waals surface area contributed by atoms with Gasteiger partial charge in [-0.05, 0) is 66.3 Å². The first-order valence-electron chi connectivity index (χ1n) is 13.7. The number of hydrogen-bond acceptors (Lipinski definition) is 4. The number of anilines is 1. The van der Waals surface area contributed by atoms with Crippen LogP contribution in [0.3, 0.4) is 0 Å². The van der Waals surface area contributed by atoms with Crippen LogP contribution in [0.1, 0.15) is 55.1 Å². The van der Waals surface area contributed by atoms with E-state index in [0.717, 1.165) is 11.3 Å². The average Bonchev–Trinajstić information content (AvgIpc) is 3.28. The Hall–Kier alpha value is -4.27. The third-order valence-corrected chi connectivity index (χ3v) is 6.92. The van der Waals surface area contributed by atoms with Crippen LogP contribution >= 0.6 is 0 Å². The van der Waals surface area contributed by atoms with Crippen molar-refractivity contribution in [3.05, 3.63) is 102 Å². The number of hydrogen-bond donors (Lipinski definition) is 3. The molecule has 3 N–H and O–H groups in total. The second-order valence-corrected chi connectivity index (χ2v) is 10.4. The topological polar surface area (TPSA) is 111 Å². The van der Waals surface area contributed by atoms with Gasteiger partial charge in [0, 0.05) is 23.5 Å². The van der Waals surface area contributed by atoms with Gasteiger partial charge in [0.2, 0.25) is 0 Å². The zero-order chi connectivity index (χ0) is 29.5. The molecule has 2 atom stereocenters. The van der Waals surface area contributed by atoms with E-state index in [9.17, 15) is 29.3 Å². The Morgan fingerprint density at radius 3 is 2.05 bits per heavy atom. The van der Waals surface area contributed by atoms with Crippen molar-refractivity contribution in [2.75, 3.05) is 5.32 Å². The molecule has 7 nitrogen and oxygen atoms in total. The molecule has 3 aromatic carbocycles. The maximum Gasteiger partial charge on any atom is 0.358 e. The van der Waals surface area contributed by atoms with Crippen LogP contribution in [-0.4, -0.2) is 38.9 Å². The fourth-order valence-electron chi connectivity index (χ4n) is 5.19. The van der Waals surface area contributed by atoms with Crippen molar-refractivity contribution in [2.45, 2.75) is 57.8 Å². The molecule has 2 unspecified atom stereocenters. The van der Waals surface area contributed by atoms with E-state index in [4.69, 9.17) is 0 Å². The molecule has 1 aromatic heterocycles. The van der Waals surface area contributed by atoms with E-state index in [2.05, 4.69) is 5.32 Å². The van der Waals surface area contributed by atoms with Crippen LogP contribution in [0.5, 0.6) is 0 Å². The standard InChI is InChI=1S/C33H34FN2O5/c1-21(2)31-30(33(41)35-25-11-7-4-8-12-25)29(22-9-5-3-6-10-22)32(23-13-15-24(34)16-14-23)36(31)18-17-26(37)19-27(38)20-28(39)40/h3-16,21,26-27,37-38H,17-20H2,1-2H3,(H,35,41). The van der Waals surface area contributed by atoms with Gasteiger partial charge in [0.15, 0.2) is 0 Å². The Kier molecular flexibility index (Phi) is 9.70. The van der Waals surface area contributed by atoms with Crippen LogP contribution in [0.15, 0.2) is 84.9 Å². The van der Waals surface area contributed by atoms with Crippen molar-refractivity contribution in [1.82, 2.24) is 4.57 Å². The first kappa shape index (κ1) is 29.7. The minimum atomic E-state index is -1.39. The van der Waals surface area contributed by atoms with E-state index < -0.39 is 30.4 Å².